The van der Waals surface area contributed by atoms with Gasteiger partial charge in [-0.1, -0.05) is 0 Å². The molecule has 8 heavy (non-hydrogen) atoms. The SMILES string of the molecule is [Cl][W][Cl].c1cc[cH-]c1. The Morgan fingerprint density at radius 1 is 1.12 bits per heavy atom. The molecule has 0 aromatic heterocycles. The molecule has 0 nitrogen and oxygen atoms in total. The summed E-state index contributed by atoms with van der Waals surface area (Å²) in [6.45, 7) is 0. The molecule has 0 N–H and O–H groups in total. The van der Waals surface area contributed by atoms with Gasteiger partial charge in [0.1, 0.15) is 0 Å². The minimum atomic E-state index is -0.806. The summed E-state index contributed by atoms with van der Waals surface area (Å²) in [7, 11) is 9.86. The molecule has 0 saturated heterocycles. The molecule has 0 aliphatic rings. The van der Waals surface area contributed by atoms with Gasteiger partial charge in [-0.2, -0.15) is 18.2 Å². The average molecular weight is 320 g/mol. The van der Waals surface area contributed by atoms with Crippen LogP contribution in [0.5, 0.6) is 0 Å². The van der Waals surface area contributed by atoms with Gasteiger partial charge in [0.15, 0.2) is 0 Å². The molecule has 1 rings (SSSR count). The number of hydrogen-bond donors (Lipinski definition) is 0. The van der Waals surface area contributed by atoms with Crippen molar-refractivity contribution in [3.8, 4) is 0 Å². The van der Waals surface area contributed by atoms with Crippen molar-refractivity contribution in [1.82, 2.24) is 0 Å². The molecule has 0 fully saturated rings. The Morgan fingerprint density at radius 2 is 1.50 bits per heavy atom. The van der Waals surface area contributed by atoms with Crippen LogP contribution in [0.15, 0.2) is 30.3 Å². The molecule has 46 valence electrons. The van der Waals surface area contributed by atoms with Crippen LogP contribution in [0.2, 0.25) is 0 Å². The van der Waals surface area contributed by atoms with E-state index >= 15 is 0 Å². The predicted octanol–water partition coefficient (Wildman–Crippen LogP) is 2.78. The average Bonchev–Trinajstić information content (AvgIpc) is 2.17. The van der Waals surface area contributed by atoms with Crippen molar-refractivity contribution in [3.05, 3.63) is 30.3 Å². The first kappa shape index (κ1) is 8.62. The smallest absolute Gasteiger partial charge is 0.172 e. The van der Waals surface area contributed by atoms with Crippen LogP contribution < -0.4 is 0 Å². The molecule has 0 aliphatic heterocycles. The molecule has 1 aromatic rings. The first-order valence-corrected chi connectivity index (χ1v) is 9.24. The van der Waals surface area contributed by atoms with Crippen molar-refractivity contribution in [2.75, 3.05) is 0 Å². The minimum absolute atomic E-state index is 0.806. The standard InChI is InChI=1S/C5H5.2ClH.W/c1-2-4-5-3-1;;;/h1-5H;2*1H;/q-1;;;+2/p-2. The second kappa shape index (κ2) is 7.62. The summed E-state index contributed by atoms with van der Waals surface area (Å²) in [5.41, 5.74) is 0. The van der Waals surface area contributed by atoms with Crippen LogP contribution in [-0.4, -0.2) is 0 Å². The van der Waals surface area contributed by atoms with Gasteiger partial charge < -0.3 is 0 Å². The molecule has 0 atom stereocenters. The normalized spacial score (nSPS) is 7.25. The summed E-state index contributed by atoms with van der Waals surface area (Å²) in [4.78, 5) is 0. The maximum absolute atomic E-state index is 4.93. The van der Waals surface area contributed by atoms with Gasteiger partial charge in [0.2, 0.25) is 0 Å². The van der Waals surface area contributed by atoms with Crippen LogP contribution >= 0.6 is 18.8 Å². The third-order valence-corrected chi connectivity index (χ3v) is 0.556. The van der Waals surface area contributed by atoms with E-state index in [1.807, 2.05) is 30.3 Å². The second-order valence-electron chi connectivity index (χ2n) is 1.02. The Balaban J connectivity index is 0.000000145. The van der Waals surface area contributed by atoms with E-state index in [9.17, 15) is 0 Å². The fourth-order valence-electron chi connectivity index (χ4n) is 0.321. The quantitative estimate of drug-likeness (QED) is 0.645. The topological polar surface area (TPSA) is 0 Å². The van der Waals surface area contributed by atoms with Crippen molar-refractivity contribution in [2.45, 2.75) is 0 Å². The molecular formula is C5H5Cl2W-. The fraction of sp³-hybridized carbons (Fsp3) is 0. The van der Waals surface area contributed by atoms with Gasteiger partial charge in [-0.3, -0.25) is 0 Å². The number of rotatable bonds is 0. The second-order valence-corrected chi connectivity index (χ2v) is 5.26. The monoisotopic (exact) mass is 319 g/mol. The summed E-state index contributed by atoms with van der Waals surface area (Å²) >= 11 is -0.806. The van der Waals surface area contributed by atoms with Crippen molar-refractivity contribution in [3.63, 3.8) is 0 Å². The molecule has 1 aromatic carbocycles. The summed E-state index contributed by atoms with van der Waals surface area (Å²) in [6, 6.07) is 10.0. The molecular weight excluding hydrogens is 315 g/mol. The molecule has 0 unspecified atom stereocenters. The van der Waals surface area contributed by atoms with E-state index in [1.54, 1.807) is 0 Å². The van der Waals surface area contributed by atoms with Gasteiger partial charge in [0, 0.05) is 0 Å². The first-order valence-electron chi connectivity index (χ1n) is 1.98. The van der Waals surface area contributed by atoms with E-state index in [0.717, 1.165) is 0 Å². The van der Waals surface area contributed by atoms with E-state index < -0.39 is 16.5 Å². The van der Waals surface area contributed by atoms with Gasteiger partial charge in [-0.15, -0.1) is 0 Å². The molecule has 0 aliphatic carbocycles. The van der Waals surface area contributed by atoms with Gasteiger partial charge in [-0.05, 0) is 0 Å². The van der Waals surface area contributed by atoms with E-state index in [0.29, 0.717) is 0 Å². The molecule has 0 spiro atoms. The van der Waals surface area contributed by atoms with Crippen LogP contribution in [-0.2, 0) is 16.5 Å². The Bertz CT molecular complexity index is 77.3. The van der Waals surface area contributed by atoms with Crippen LogP contribution in [0.3, 0.4) is 0 Å². The van der Waals surface area contributed by atoms with Crippen molar-refractivity contribution < 1.29 is 16.5 Å². The predicted molar refractivity (Wildman–Crippen MR) is 33.7 cm³/mol. The van der Waals surface area contributed by atoms with Crippen LogP contribution in [0.4, 0.5) is 0 Å². The summed E-state index contributed by atoms with van der Waals surface area (Å²) in [6.07, 6.45) is 0. The molecule has 3 heteroatoms. The zero-order valence-electron chi connectivity index (χ0n) is 4.05. The maximum atomic E-state index is 4.93. The third kappa shape index (κ3) is 6.62. The van der Waals surface area contributed by atoms with E-state index in [1.165, 1.54) is 0 Å². The first-order chi connectivity index (χ1) is 3.91. The van der Waals surface area contributed by atoms with Crippen molar-refractivity contribution >= 4 is 18.8 Å². The largest absolute Gasteiger partial charge is 0.214 e. The van der Waals surface area contributed by atoms with Gasteiger partial charge >= 0.3 is 35.3 Å². The number of halogens is 2. The molecule has 0 heterocycles. The Morgan fingerprint density at radius 3 is 1.62 bits per heavy atom. The zero-order chi connectivity index (χ0) is 6.24. The van der Waals surface area contributed by atoms with Crippen molar-refractivity contribution in [1.29, 1.82) is 0 Å². The van der Waals surface area contributed by atoms with Crippen LogP contribution in [0, 0.1) is 0 Å². The molecule has 0 radical (unpaired) electrons. The molecule has 0 amide bonds. The Labute approximate surface area is 65.6 Å². The maximum Gasteiger partial charge on any atom is -0.172 e. The van der Waals surface area contributed by atoms with Crippen LogP contribution in [0.1, 0.15) is 0 Å². The molecule has 0 saturated carbocycles. The third-order valence-electron chi connectivity index (χ3n) is 0.556. The van der Waals surface area contributed by atoms with Gasteiger partial charge in [0.05, 0.1) is 0 Å². The van der Waals surface area contributed by atoms with E-state index in [4.69, 9.17) is 18.8 Å². The van der Waals surface area contributed by atoms with Gasteiger partial charge in [-0.25, -0.2) is 12.1 Å². The van der Waals surface area contributed by atoms with Gasteiger partial charge in [0.25, 0.3) is 0 Å². The van der Waals surface area contributed by atoms with E-state index in [2.05, 4.69) is 0 Å². The van der Waals surface area contributed by atoms with Crippen LogP contribution in [0.25, 0.3) is 0 Å². The summed E-state index contributed by atoms with van der Waals surface area (Å²) < 4.78 is 0. The van der Waals surface area contributed by atoms with E-state index in [-0.39, 0.29) is 0 Å². The fourth-order valence-corrected chi connectivity index (χ4v) is 0.321. The Hall–Kier alpha value is 0.618. The summed E-state index contributed by atoms with van der Waals surface area (Å²) in [5.74, 6) is 0. The zero-order valence-corrected chi connectivity index (χ0v) is 8.50. The number of hydrogen-bond acceptors (Lipinski definition) is 0. The van der Waals surface area contributed by atoms with Crippen molar-refractivity contribution in [2.24, 2.45) is 0 Å². The molecule has 0 bridgehead atoms. The minimum Gasteiger partial charge on any atom is -0.214 e. The Kier molecular flexibility index (Phi) is 8.21. The summed E-state index contributed by atoms with van der Waals surface area (Å²) in [5, 5.41) is 0.